The number of alkyl halides is 6. The number of carboxylic acids is 1. The third kappa shape index (κ3) is 7.42. The number of carbonyl (C=O) groups excluding carboxylic acids is 1. The summed E-state index contributed by atoms with van der Waals surface area (Å²) in [5.41, 5.74) is -3.39. The van der Waals surface area contributed by atoms with E-state index in [1.807, 2.05) is 4.90 Å². The molecular formula is C29H23F6N5O4S2. The first-order valence-electron chi connectivity index (χ1n) is 13.5. The fraction of sp³-hybridized carbons (Fsp3) is 0.276. The zero-order valence-electron chi connectivity index (χ0n) is 23.5. The van der Waals surface area contributed by atoms with E-state index in [4.69, 9.17) is 17.3 Å². The smallest absolute Gasteiger partial charge is 0.433 e. The van der Waals surface area contributed by atoms with Crippen LogP contribution in [0.5, 0.6) is 5.75 Å². The first kappa shape index (κ1) is 33.2. The van der Waals surface area contributed by atoms with Gasteiger partial charge in [0.25, 0.3) is 5.91 Å². The average molecular weight is 684 g/mol. The number of piperazine rings is 1. The van der Waals surface area contributed by atoms with E-state index in [1.54, 1.807) is 6.07 Å². The van der Waals surface area contributed by atoms with Crippen LogP contribution in [0.3, 0.4) is 0 Å². The van der Waals surface area contributed by atoms with Crippen molar-refractivity contribution in [3.8, 4) is 17.0 Å². The molecule has 46 heavy (non-hydrogen) atoms. The van der Waals surface area contributed by atoms with Crippen molar-refractivity contribution < 1.29 is 46.1 Å². The lowest BCUT2D eigenvalue weighted by atomic mass is 10.1. The summed E-state index contributed by atoms with van der Waals surface area (Å²) in [7, 11) is 0. The Morgan fingerprint density at radius 1 is 0.935 bits per heavy atom. The van der Waals surface area contributed by atoms with Crippen molar-refractivity contribution in [1.82, 2.24) is 19.8 Å². The minimum Gasteiger partial charge on any atom is -0.507 e. The molecule has 2 N–H and O–H groups in total. The van der Waals surface area contributed by atoms with Crippen molar-refractivity contribution in [3.05, 3.63) is 76.1 Å². The molecule has 9 nitrogen and oxygen atoms in total. The number of amides is 1. The standard InChI is InChI=1S/C29H23F6N5O4S2/c30-28(31,32)23-12-16(13-24(37-23)29(33,34)35)20-3-1-2-17(36-20)14-22-25(42)40(27(45)46-22)11-8-38-6-9-39(10-7-38)18-4-5-19(26(43)44)21(41)15-18/h1-5,12-15,41H,6-11H2,(H,43,44). The molecule has 0 bridgehead atoms. The minimum absolute atomic E-state index is 0.135. The SMILES string of the molecule is O=C(O)c1ccc(N2CCN(CCN3C(=O)C(=Cc4cccc(-c5cc(C(F)(F)F)nc(C(F)(F)F)c5)n4)SC3=S)CC2)cc1O. The Labute approximate surface area is 267 Å². The van der Waals surface area contributed by atoms with Crippen molar-refractivity contribution in [2.45, 2.75) is 12.4 Å². The molecule has 0 aliphatic carbocycles. The predicted octanol–water partition coefficient (Wildman–Crippen LogP) is 5.61. The topological polar surface area (TPSA) is 110 Å². The van der Waals surface area contributed by atoms with Gasteiger partial charge in [-0.2, -0.15) is 26.3 Å². The zero-order valence-corrected chi connectivity index (χ0v) is 25.1. The largest absolute Gasteiger partial charge is 0.507 e. The van der Waals surface area contributed by atoms with Crippen molar-refractivity contribution in [3.63, 3.8) is 0 Å². The summed E-state index contributed by atoms with van der Waals surface area (Å²) in [5, 5.41) is 19.1. The number of thiocarbonyl (C=S) groups is 1. The van der Waals surface area contributed by atoms with E-state index in [1.165, 1.54) is 41.3 Å². The van der Waals surface area contributed by atoms with Crippen molar-refractivity contribution in [2.24, 2.45) is 0 Å². The summed E-state index contributed by atoms with van der Waals surface area (Å²) in [4.78, 5) is 37.0. The number of phenols is 1. The summed E-state index contributed by atoms with van der Waals surface area (Å²) < 4.78 is 80.0. The quantitative estimate of drug-likeness (QED) is 0.185. The van der Waals surface area contributed by atoms with Gasteiger partial charge in [-0.3, -0.25) is 14.6 Å². The molecule has 1 amide bonds. The van der Waals surface area contributed by atoms with Crippen LogP contribution in [0.1, 0.15) is 27.4 Å². The Kier molecular flexibility index (Phi) is 9.28. The number of anilines is 1. The maximum atomic E-state index is 13.3. The Morgan fingerprint density at radius 3 is 2.17 bits per heavy atom. The number of carboxylic acid groups (broad SMARTS) is 1. The number of aromatic hydroxyl groups is 1. The number of halogens is 6. The van der Waals surface area contributed by atoms with E-state index in [9.17, 15) is 41.0 Å². The summed E-state index contributed by atoms with van der Waals surface area (Å²) >= 11 is 6.40. The first-order chi connectivity index (χ1) is 21.6. The highest BCUT2D eigenvalue weighted by molar-refractivity contribution is 8.26. The fourth-order valence-corrected chi connectivity index (χ4v) is 6.15. The number of carbonyl (C=O) groups is 2. The van der Waals surface area contributed by atoms with Crippen molar-refractivity contribution >= 4 is 51.9 Å². The molecule has 5 rings (SSSR count). The number of hydrogen-bond donors (Lipinski definition) is 2. The van der Waals surface area contributed by atoms with Crippen LogP contribution >= 0.6 is 24.0 Å². The molecular weight excluding hydrogens is 660 g/mol. The molecule has 242 valence electrons. The van der Waals surface area contributed by atoms with Crippen LogP contribution in [-0.2, 0) is 17.1 Å². The van der Waals surface area contributed by atoms with Crippen LogP contribution in [0.2, 0.25) is 0 Å². The minimum atomic E-state index is -5.12. The van der Waals surface area contributed by atoms with Crippen LogP contribution in [0.15, 0.2) is 53.4 Å². The molecule has 2 aliphatic rings. The van der Waals surface area contributed by atoms with E-state index in [-0.39, 0.29) is 34.2 Å². The van der Waals surface area contributed by atoms with Crippen LogP contribution in [0, 0.1) is 0 Å². The van der Waals surface area contributed by atoms with E-state index in [0.29, 0.717) is 54.9 Å². The van der Waals surface area contributed by atoms with E-state index >= 15 is 0 Å². The molecule has 0 atom stereocenters. The molecule has 17 heteroatoms. The lowest BCUT2D eigenvalue weighted by Gasteiger charge is -2.36. The highest BCUT2D eigenvalue weighted by Gasteiger charge is 2.39. The number of benzene rings is 1. The van der Waals surface area contributed by atoms with Gasteiger partial charge in [-0.1, -0.05) is 30.0 Å². The Bertz CT molecular complexity index is 1690. The molecule has 3 aromatic rings. The summed E-state index contributed by atoms with van der Waals surface area (Å²) in [6, 6.07) is 9.47. The van der Waals surface area contributed by atoms with Gasteiger partial charge in [-0.25, -0.2) is 14.8 Å². The van der Waals surface area contributed by atoms with Gasteiger partial charge in [-0.05, 0) is 42.5 Å². The molecule has 0 saturated carbocycles. The number of thioether (sulfide) groups is 1. The molecule has 0 unspecified atom stereocenters. The van der Waals surface area contributed by atoms with Crippen molar-refractivity contribution in [1.29, 1.82) is 0 Å². The van der Waals surface area contributed by atoms with E-state index in [2.05, 4.69) is 14.9 Å². The van der Waals surface area contributed by atoms with Crippen molar-refractivity contribution in [2.75, 3.05) is 44.2 Å². The Hall–Kier alpha value is -4.22. The lowest BCUT2D eigenvalue weighted by Crippen LogP contribution is -2.48. The lowest BCUT2D eigenvalue weighted by molar-refractivity contribution is -0.150. The number of hydrogen-bond acceptors (Lipinski definition) is 9. The van der Waals surface area contributed by atoms with Gasteiger partial charge in [0.15, 0.2) is 0 Å². The van der Waals surface area contributed by atoms with Crippen LogP contribution in [-0.4, -0.2) is 85.4 Å². The third-order valence-corrected chi connectivity index (χ3v) is 8.59. The molecule has 2 saturated heterocycles. The van der Waals surface area contributed by atoms with Gasteiger partial charge in [0.2, 0.25) is 0 Å². The molecule has 0 radical (unpaired) electrons. The van der Waals surface area contributed by atoms with Crippen LogP contribution in [0.25, 0.3) is 17.3 Å². The van der Waals surface area contributed by atoms with Gasteiger partial charge in [0, 0.05) is 56.6 Å². The number of aromatic nitrogens is 2. The maximum Gasteiger partial charge on any atom is 0.433 e. The zero-order chi connectivity index (χ0) is 33.4. The first-order valence-corrected chi connectivity index (χ1v) is 14.8. The Balaban J connectivity index is 1.23. The average Bonchev–Trinajstić information content (AvgIpc) is 3.26. The van der Waals surface area contributed by atoms with E-state index in [0.717, 1.165) is 11.8 Å². The van der Waals surface area contributed by atoms with Gasteiger partial charge in [0.05, 0.1) is 16.3 Å². The summed E-state index contributed by atoms with van der Waals surface area (Å²) in [6.45, 7) is 3.22. The number of nitrogens with zero attached hydrogens (tertiary/aromatic N) is 5. The second-order valence-electron chi connectivity index (χ2n) is 10.2. The highest BCUT2D eigenvalue weighted by atomic mass is 32.2. The molecule has 1 aromatic carbocycles. The van der Waals surface area contributed by atoms with Gasteiger partial charge < -0.3 is 15.1 Å². The normalized spacial score (nSPS) is 17.3. The summed E-state index contributed by atoms with van der Waals surface area (Å²) in [6.07, 6.45) is -8.85. The number of pyridine rings is 2. The monoisotopic (exact) mass is 683 g/mol. The number of aromatic carboxylic acids is 1. The maximum absolute atomic E-state index is 13.3. The molecule has 2 fully saturated rings. The Morgan fingerprint density at radius 2 is 1.59 bits per heavy atom. The van der Waals surface area contributed by atoms with E-state index < -0.39 is 41.2 Å². The van der Waals surface area contributed by atoms with Gasteiger partial charge in [0.1, 0.15) is 27.0 Å². The van der Waals surface area contributed by atoms with Gasteiger partial charge >= 0.3 is 18.3 Å². The predicted molar refractivity (Wildman–Crippen MR) is 161 cm³/mol. The summed E-state index contributed by atoms with van der Waals surface area (Å²) in [5.74, 6) is -1.95. The third-order valence-electron chi connectivity index (χ3n) is 7.21. The second kappa shape index (κ2) is 12.9. The molecule has 2 aliphatic heterocycles. The molecule has 0 spiro atoms. The van der Waals surface area contributed by atoms with Gasteiger partial charge in [-0.15, -0.1) is 0 Å². The highest BCUT2D eigenvalue weighted by Crippen LogP contribution is 2.37. The van der Waals surface area contributed by atoms with Crippen LogP contribution in [0.4, 0.5) is 32.0 Å². The second-order valence-corrected chi connectivity index (χ2v) is 11.9. The molecule has 2 aromatic heterocycles. The van der Waals surface area contributed by atoms with Crippen LogP contribution < -0.4 is 4.90 Å². The molecule has 4 heterocycles. The fourth-order valence-electron chi connectivity index (χ4n) is 4.86. The number of rotatable bonds is 7.